The fourth-order valence-electron chi connectivity index (χ4n) is 3.69. The van der Waals surface area contributed by atoms with Crippen molar-refractivity contribution in [2.24, 2.45) is 5.92 Å². The Morgan fingerprint density at radius 3 is 2.81 bits per heavy atom. The summed E-state index contributed by atoms with van der Waals surface area (Å²) in [6, 6.07) is 6.03. The number of amides is 1. The van der Waals surface area contributed by atoms with Crippen molar-refractivity contribution in [1.82, 2.24) is 9.88 Å². The maximum Gasteiger partial charge on any atom is 0.265 e. The molecule has 4 rings (SSSR count). The lowest BCUT2D eigenvalue weighted by Crippen LogP contribution is -2.44. The zero-order valence-corrected chi connectivity index (χ0v) is 16.3. The molecule has 1 N–H and O–H groups in total. The number of aromatic nitrogens is 1. The summed E-state index contributed by atoms with van der Waals surface area (Å²) < 4.78 is 0. The number of thiophene rings is 1. The Morgan fingerprint density at radius 2 is 2.08 bits per heavy atom. The molecule has 0 bridgehead atoms. The Labute approximate surface area is 159 Å². The number of rotatable bonds is 3. The largest absolute Gasteiger partial charge is 0.354 e. The van der Waals surface area contributed by atoms with Crippen molar-refractivity contribution in [3.63, 3.8) is 0 Å². The van der Waals surface area contributed by atoms with Gasteiger partial charge in [0.2, 0.25) is 0 Å². The molecule has 2 aromatic rings. The van der Waals surface area contributed by atoms with Gasteiger partial charge >= 0.3 is 0 Å². The number of hydrogen-bond acceptors (Lipinski definition) is 5. The molecule has 138 valence electrons. The van der Waals surface area contributed by atoms with Crippen molar-refractivity contribution < 1.29 is 4.79 Å². The minimum atomic E-state index is -0.0220. The van der Waals surface area contributed by atoms with E-state index in [1.807, 2.05) is 12.1 Å². The Hall–Kier alpha value is -1.92. The lowest BCUT2D eigenvalue weighted by Gasteiger charge is -2.33. The van der Waals surface area contributed by atoms with Crippen LogP contribution in [-0.2, 0) is 12.8 Å². The number of aryl methyl sites for hydroxylation is 1. The highest BCUT2D eigenvalue weighted by molar-refractivity contribution is 7.14. The third kappa shape index (κ3) is 3.76. The molecule has 0 aromatic carbocycles. The van der Waals surface area contributed by atoms with E-state index in [9.17, 15) is 4.79 Å². The van der Waals surface area contributed by atoms with Crippen LogP contribution in [0.25, 0.3) is 0 Å². The molecule has 1 unspecified atom stereocenters. The molecule has 1 aliphatic heterocycles. The van der Waals surface area contributed by atoms with Gasteiger partial charge in [0.15, 0.2) is 0 Å². The summed E-state index contributed by atoms with van der Waals surface area (Å²) in [4.78, 5) is 24.0. The first-order chi connectivity index (χ1) is 12.6. The van der Waals surface area contributed by atoms with Gasteiger partial charge in [0, 0.05) is 31.1 Å². The summed E-state index contributed by atoms with van der Waals surface area (Å²) in [6.45, 7) is 6.39. The number of carbonyl (C=O) groups is 1. The van der Waals surface area contributed by atoms with Gasteiger partial charge in [-0.05, 0) is 56.0 Å². The molecule has 0 radical (unpaired) electrons. The van der Waals surface area contributed by atoms with Gasteiger partial charge in [-0.15, -0.1) is 11.3 Å². The number of likely N-dealkylation sites (N-methyl/N-ethyl adjacent to an activating group) is 1. The van der Waals surface area contributed by atoms with Gasteiger partial charge < -0.3 is 15.1 Å². The van der Waals surface area contributed by atoms with E-state index in [0.717, 1.165) is 61.3 Å². The number of pyridine rings is 1. The number of nitrogens with one attached hydrogen (secondary N) is 1. The number of piperazine rings is 1. The second-order valence-corrected chi connectivity index (χ2v) is 8.69. The number of nitrogens with zero attached hydrogens (tertiary/aromatic N) is 3. The third-order valence-electron chi connectivity index (χ3n) is 5.39. The highest BCUT2D eigenvalue weighted by Crippen LogP contribution is 2.32. The van der Waals surface area contributed by atoms with E-state index < -0.39 is 0 Å². The molecule has 26 heavy (non-hydrogen) atoms. The molecule has 3 heterocycles. The summed E-state index contributed by atoms with van der Waals surface area (Å²) >= 11 is 1.65. The van der Waals surface area contributed by atoms with Crippen LogP contribution in [0.3, 0.4) is 0 Å². The standard InChI is InChI=1S/C20H26N4OS/c1-14-3-5-17-15(11-14)12-18(26-17)20(25)22-16-4-6-19(21-13-16)24-9-7-23(2)8-10-24/h4,6,12-14H,3,5,7-11H2,1-2H3,(H,22,25). The zero-order valence-electron chi connectivity index (χ0n) is 15.5. The van der Waals surface area contributed by atoms with Gasteiger partial charge in [-0.25, -0.2) is 4.98 Å². The first-order valence-electron chi connectivity index (χ1n) is 9.41. The fourth-order valence-corrected chi connectivity index (χ4v) is 4.80. The minimum absolute atomic E-state index is 0.0220. The van der Waals surface area contributed by atoms with E-state index in [1.54, 1.807) is 17.5 Å². The van der Waals surface area contributed by atoms with Crippen molar-refractivity contribution in [2.45, 2.75) is 26.2 Å². The van der Waals surface area contributed by atoms with Gasteiger partial charge in [0.1, 0.15) is 5.82 Å². The van der Waals surface area contributed by atoms with Crippen LogP contribution >= 0.6 is 11.3 Å². The average Bonchev–Trinajstić information content (AvgIpc) is 3.06. The Bertz CT molecular complexity index is 778. The summed E-state index contributed by atoms with van der Waals surface area (Å²) in [5, 5.41) is 3.00. The van der Waals surface area contributed by atoms with Crippen LogP contribution in [0.2, 0.25) is 0 Å². The third-order valence-corrected chi connectivity index (χ3v) is 6.62. The van der Waals surface area contributed by atoms with E-state index in [2.05, 4.69) is 40.1 Å². The number of carbonyl (C=O) groups excluding carboxylic acids is 1. The summed E-state index contributed by atoms with van der Waals surface area (Å²) in [6.07, 6.45) is 5.20. The summed E-state index contributed by atoms with van der Waals surface area (Å²) in [7, 11) is 2.15. The first-order valence-corrected chi connectivity index (χ1v) is 10.2. The van der Waals surface area contributed by atoms with Gasteiger partial charge in [-0.3, -0.25) is 4.79 Å². The summed E-state index contributed by atoms with van der Waals surface area (Å²) in [5.74, 6) is 1.68. The lowest BCUT2D eigenvalue weighted by atomic mass is 9.90. The second kappa shape index (κ2) is 7.37. The predicted molar refractivity (Wildman–Crippen MR) is 107 cm³/mol. The van der Waals surface area contributed by atoms with Crippen molar-refractivity contribution >= 4 is 28.7 Å². The van der Waals surface area contributed by atoms with Crippen LogP contribution in [0.4, 0.5) is 11.5 Å². The molecule has 2 aromatic heterocycles. The van der Waals surface area contributed by atoms with Crippen LogP contribution in [0.15, 0.2) is 24.4 Å². The molecule has 0 spiro atoms. The van der Waals surface area contributed by atoms with E-state index in [4.69, 9.17) is 0 Å². The SMILES string of the molecule is CC1CCc2sc(C(=O)Nc3ccc(N4CCN(C)CC4)nc3)cc2C1. The fraction of sp³-hybridized carbons (Fsp3) is 0.500. The highest BCUT2D eigenvalue weighted by Gasteiger charge is 2.21. The van der Waals surface area contributed by atoms with Gasteiger partial charge in [0.05, 0.1) is 16.8 Å². The molecule has 1 atom stereocenters. The molecule has 6 heteroatoms. The molecule has 2 aliphatic rings. The van der Waals surface area contributed by atoms with Gasteiger partial charge in [-0.2, -0.15) is 0 Å². The monoisotopic (exact) mass is 370 g/mol. The van der Waals surface area contributed by atoms with Gasteiger partial charge in [0.25, 0.3) is 5.91 Å². The molecular weight excluding hydrogens is 344 g/mol. The Kier molecular flexibility index (Phi) is 4.96. The average molecular weight is 371 g/mol. The first kappa shape index (κ1) is 17.5. The quantitative estimate of drug-likeness (QED) is 0.901. The maximum atomic E-state index is 12.6. The van der Waals surface area contributed by atoms with E-state index in [1.165, 1.54) is 16.9 Å². The number of hydrogen-bond donors (Lipinski definition) is 1. The Morgan fingerprint density at radius 1 is 1.27 bits per heavy atom. The van der Waals surface area contributed by atoms with Crippen LogP contribution in [0.5, 0.6) is 0 Å². The topological polar surface area (TPSA) is 48.5 Å². The van der Waals surface area contributed by atoms with Crippen LogP contribution in [0, 0.1) is 5.92 Å². The molecule has 1 amide bonds. The Balaban J connectivity index is 1.40. The van der Waals surface area contributed by atoms with Crippen molar-refractivity contribution in [1.29, 1.82) is 0 Å². The number of anilines is 2. The maximum absolute atomic E-state index is 12.6. The van der Waals surface area contributed by atoms with Crippen LogP contribution in [0.1, 0.15) is 33.5 Å². The number of fused-ring (bicyclic) bond motifs is 1. The molecule has 1 fully saturated rings. The lowest BCUT2D eigenvalue weighted by molar-refractivity contribution is 0.103. The van der Waals surface area contributed by atoms with Crippen LogP contribution < -0.4 is 10.2 Å². The predicted octanol–water partition coefficient (Wildman–Crippen LogP) is 3.27. The minimum Gasteiger partial charge on any atom is -0.354 e. The van der Waals surface area contributed by atoms with Crippen molar-refractivity contribution in [3.05, 3.63) is 39.7 Å². The van der Waals surface area contributed by atoms with Gasteiger partial charge in [-0.1, -0.05) is 6.92 Å². The van der Waals surface area contributed by atoms with E-state index in [0.29, 0.717) is 0 Å². The molecule has 5 nitrogen and oxygen atoms in total. The van der Waals surface area contributed by atoms with E-state index >= 15 is 0 Å². The van der Waals surface area contributed by atoms with Crippen molar-refractivity contribution in [3.8, 4) is 0 Å². The highest BCUT2D eigenvalue weighted by atomic mass is 32.1. The van der Waals surface area contributed by atoms with Crippen molar-refractivity contribution in [2.75, 3.05) is 43.4 Å². The zero-order chi connectivity index (χ0) is 18.1. The van der Waals surface area contributed by atoms with Crippen LogP contribution in [-0.4, -0.2) is 49.0 Å². The summed E-state index contributed by atoms with van der Waals surface area (Å²) in [5.41, 5.74) is 2.12. The molecule has 1 aliphatic carbocycles. The molecule has 0 saturated carbocycles. The molecular formula is C20H26N4OS. The molecule has 1 saturated heterocycles. The normalized spacial score (nSPS) is 20.7. The smallest absolute Gasteiger partial charge is 0.265 e. The van der Waals surface area contributed by atoms with E-state index in [-0.39, 0.29) is 5.91 Å². The second-order valence-electron chi connectivity index (χ2n) is 7.56.